The van der Waals surface area contributed by atoms with E-state index in [1.54, 1.807) is 6.07 Å². The maximum Gasteiger partial charge on any atom is 0.225 e. The predicted molar refractivity (Wildman–Crippen MR) is 60.5 cm³/mol. The first-order valence-corrected chi connectivity index (χ1v) is 5.83. The minimum atomic E-state index is -0.590. The Kier molecular flexibility index (Phi) is 5.25. The van der Waals surface area contributed by atoms with E-state index in [0.29, 0.717) is 6.42 Å². The van der Waals surface area contributed by atoms with Gasteiger partial charge in [-0.3, -0.25) is 4.79 Å². The first-order chi connectivity index (χ1) is 7.22. The van der Waals surface area contributed by atoms with Crippen LogP contribution in [0.1, 0.15) is 19.3 Å². The second kappa shape index (κ2) is 6.50. The number of alkyl halides is 1. The van der Waals surface area contributed by atoms with Crippen LogP contribution in [0, 0.1) is 5.95 Å². The lowest BCUT2D eigenvalue weighted by atomic mass is 10.2. The van der Waals surface area contributed by atoms with Gasteiger partial charge in [0.15, 0.2) is 0 Å². The van der Waals surface area contributed by atoms with Crippen molar-refractivity contribution in [3.63, 3.8) is 0 Å². The van der Waals surface area contributed by atoms with Crippen LogP contribution in [-0.4, -0.2) is 16.2 Å². The lowest BCUT2D eigenvalue weighted by Gasteiger charge is -2.03. The van der Waals surface area contributed by atoms with Crippen LogP contribution in [0.4, 0.5) is 10.2 Å². The Bertz CT molecular complexity index is 333. The molecule has 0 atom stereocenters. The van der Waals surface area contributed by atoms with Crippen molar-refractivity contribution in [2.24, 2.45) is 0 Å². The summed E-state index contributed by atoms with van der Waals surface area (Å²) < 4.78 is 12.7. The van der Waals surface area contributed by atoms with Crippen LogP contribution in [0.25, 0.3) is 0 Å². The molecular weight excluding hydrogens is 263 g/mol. The molecule has 1 aromatic heterocycles. The number of pyridine rings is 1. The van der Waals surface area contributed by atoms with Gasteiger partial charge in [0.1, 0.15) is 5.82 Å². The van der Waals surface area contributed by atoms with Gasteiger partial charge in [-0.25, -0.2) is 4.98 Å². The Morgan fingerprint density at radius 2 is 2.27 bits per heavy atom. The SMILES string of the molecule is O=C(CCCCBr)Nc1cccc(F)n1. The van der Waals surface area contributed by atoms with Crippen molar-refractivity contribution >= 4 is 27.7 Å². The number of carbonyl (C=O) groups is 1. The summed E-state index contributed by atoms with van der Waals surface area (Å²) in [6.07, 6.45) is 2.19. The number of anilines is 1. The highest BCUT2D eigenvalue weighted by Gasteiger charge is 2.03. The molecule has 1 amide bonds. The van der Waals surface area contributed by atoms with Crippen molar-refractivity contribution in [3.8, 4) is 0 Å². The summed E-state index contributed by atoms with van der Waals surface area (Å²) in [6, 6.07) is 4.31. The highest BCUT2D eigenvalue weighted by molar-refractivity contribution is 9.09. The van der Waals surface area contributed by atoms with Crippen LogP contribution in [0.5, 0.6) is 0 Å². The number of hydrogen-bond donors (Lipinski definition) is 1. The first kappa shape index (κ1) is 12.1. The Hall–Kier alpha value is -0.970. The summed E-state index contributed by atoms with van der Waals surface area (Å²) in [4.78, 5) is 14.8. The van der Waals surface area contributed by atoms with Crippen molar-refractivity contribution in [1.82, 2.24) is 4.98 Å². The van der Waals surface area contributed by atoms with Gasteiger partial charge in [-0.1, -0.05) is 22.0 Å². The predicted octanol–water partition coefficient (Wildman–Crippen LogP) is 2.72. The fraction of sp³-hybridized carbons (Fsp3) is 0.400. The zero-order valence-corrected chi connectivity index (χ0v) is 9.76. The van der Waals surface area contributed by atoms with Crippen molar-refractivity contribution in [2.45, 2.75) is 19.3 Å². The summed E-state index contributed by atoms with van der Waals surface area (Å²) in [6.45, 7) is 0. The summed E-state index contributed by atoms with van der Waals surface area (Å²) in [5.74, 6) is -0.457. The number of unbranched alkanes of at least 4 members (excludes halogenated alkanes) is 1. The van der Waals surface area contributed by atoms with Crippen LogP contribution in [0.2, 0.25) is 0 Å². The van der Waals surface area contributed by atoms with Crippen molar-refractivity contribution < 1.29 is 9.18 Å². The van der Waals surface area contributed by atoms with E-state index in [0.717, 1.165) is 18.2 Å². The van der Waals surface area contributed by atoms with E-state index in [4.69, 9.17) is 0 Å². The first-order valence-electron chi connectivity index (χ1n) is 4.71. The van der Waals surface area contributed by atoms with Gasteiger partial charge in [-0.15, -0.1) is 0 Å². The summed E-state index contributed by atoms with van der Waals surface area (Å²) in [5.41, 5.74) is 0. The lowest BCUT2D eigenvalue weighted by Crippen LogP contribution is -2.12. The molecule has 0 radical (unpaired) electrons. The number of rotatable bonds is 5. The van der Waals surface area contributed by atoms with Crippen LogP contribution in [0.3, 0.4) is 0 Å². The molecule has 0 unspecified atom stereocenters. The number of nitrogens with zero attached hydrogens (tertiary/aromatic N) is 1. The van der Waals surface area contributed by atoms with E-state index in [1.807, 2.05) is 0 Å². The van der Waals surface area contributed by atoms with Gasteiger partial charge in [0.2, 0.25) is 11.9 Å². The Morgan fingerprint density at radius 1 is 1.47 bits per heavy atom. The maximum absolute atomic E-state index is 12.7. The second-order valence-electron chi connectivity index (χ2n) is 3.04. The van der Waals surface area contributed by atoms with Gasteiger partial charge in [-0.2, -0.15) is 4.39 Å². The molecule has 0 aliphatic heterocycles. The molecule has 0 spiro atoms. The van der Waals surface area contributed by atoms with Gasteiger partial charge in [0.25, 0.3) is 0 Å². The van der Waals surface area contributed by atoms with Gasteiger partial charge >= 0.3 is 0 Å². The topological polar surface area (TPSA) is 42.0 Å². The van der Waals surface area contributed by atoms with E-state index >= 15 is 0 Å². The molecule has 0 saturated carbocycles. The average molecular weight is 275 g/mol. The zero-order valence-electron chi connectivity index (χ0n) is 8.17. The molecule has 0 aliphatic rings. The second-order valence-corrected chi connectivity index (χ2v) is 3.83. The van der Waals surface area contributed by atoms with Crippen molar-refractivity contribution in [3.05, 3.63) is 24.1 Å². The van der Waals surface area contributed by atoms with Crippen LogP contribution in [-0.2, 0) is 4.79 Å². The largest absolute Gasteiger partial charge is 0.311 e. The number of carbonyl (C=O) groups excluding carboxylic acids is 1. The highest BCUT2D eigenvalue weighted by Crippen LogP contribution is 2.05. The molecule has 0 aromatic carbocycles. The number of halogens is 2. The molecular formula is C10H12BrFN2O. The molecule has 1 rings (SSSR count). The molecule has 0 bridgehead atoms. The number of hydrogen-bond acceptors (Lipinski definition) is 2. The molecule has 0 fully saturated rings. The molecule has 1 aromatic rings. The highest BCUT2D eigenvalue weighted by atomic mass is 79.9. The van der Waals surface area contributed by atoms with Gasteiger partial charge < -0.3 is 5.32 Å². The minimum Gasteiger partial charge on any atom is -0.311 e. The molecule has 3 nitrogen and oxygen atoms in total. The Balaban J connectivity index is 2.37. The molecule has 0 saturated heterocycles. The van der Waals surface area contributed by atoms with Crippen LogP contribution in [0.15, 0.2) is 18.2 Å². The molecule has 0 aliphatic carbocycles. The number of amides is 1. The minimum absolute atomic E-state index is 0.131. The van der Waals surface area contributed by atoms with E-state index in [1.165, 1.54) is 12.1 Å². The molecule has 5 heteroatoms. The summed E-state index contributed by atoms with van der Waals surface area (Å²) >= 11 is 3.28. The van der Waals surface area contributed by atoms with Crippen molar-refractivity contribution in [1.29, 1.82) is 0 Å². The van der Waals surface area contributed by atoms with Gasteiger partial charge in [0.05, 0.1) is 0 Å². The van der Waals surface area contributed by atoms with Crippen LogP contribution >= 0.6 is 15.9 Å². The molecule has 1 N–H and O–H groups in total. The third-order valence-electron chi connectivity index (χ3n) is 1.77. The van der Waals surface area contributed by atoms with Gasteiger partial charge in [-0.05, 0) is 25.0 Å². The molecule has 1 heterocycles. The third-order valence-corrected chi connectivity index (χ3v) is 2.33. The third kappa shape index (κ3) is 4.88. The maximum atomic E-state index is 12.7. The van der Waals surface area contributed by atoms with E-state index in [9.17, 15) is 9.18 Å². The van der Waals surface area contributed by atoms with Crippen molar-refractivity contribution in [2.75, 3.05) is 10.6 Å². The Labute approximate surface area is 96.2 Å². The molecule has 82 valence electrons. The zero-order chi connectivity index (χ0) is 11.1. The standard InChI is InChI=1S/C10H12BrFN2O/c11-7-2-1-6-10(15)14-9-5-3-4-8(12)13-9/h3-5H,1-2,6-7H2,(H,13,14,15). The monoisotopic (exact) mass is 274 g/mol. The Morgan fingerprint density at radius 3 is 2.93 bits per heavy atom. The normalized spacial score (nSPS) is 10.0. The fourth-order valence-electron chi connectivity index (χ4n) is 1.06. The quantitative estimate of drug-likeness (QED) is 0.510. The number of nitrogens with one attached hydrogen (secondary N) is 1. The average Bonchev–Trinajstić information content (AvgIpc) is 2.18. The summed E-state index contributed by atoms with van der Waals surface area (Å²) in [7, 11) is 0. The van der Waals surface area contributed by atoms with E-state index in [2.05, 4.69) is 26.2 Å². The fourth-order valence-corrected chi connectivity index (χ4v) is 1.46. The smallest absolute Gasteiger partial charge is 0.225 e. The van der Waals surface area contributed by atoms with Gasteiger partial charge in [0, 0.05) is 11.8 Å². The summed E-state index contributed by atoms with van der Waals surface area (Å²) in [5, 5.41) is 3.42. The lowest BCUT2D eigenvalue weighted by molar-refractivity contribution is -0.116. The van der Waals surface area contributed by atoms with E-state index in [-0.39, 0.29) is 11.7 Å². The van der Waals surface area contributed by atoms with Crippen LogP contribution < -0.4 is 5.32 Å². The molecule has 15 heavy (non-hydrogen) atoms. The van der Waals surface area contributed by atoms with E-state index < -0.39 is 5.95 Å². The number of aromatic nitrogens is 1.